The fraction of sp³-hybridized carbons (Fsp3) is 0.286. The number of rotatable bonds is 1. The van der Waals surface area contributed by atoms with Gasteiger partial charge in [-0.25, -0.2) is 4.98 Å². The van der Waals surface area contributed by atoms with Gasteiger partial charge in [0.05, 0.1) is 5.69 Å². The third-order valence-corrected chi connectivity index (χ3v) is 2.04. The third-order valence-electron chi connectivity index (χ3n) is 1.18. The second-order valence-electron chi connectivity index (χ2n) is 1.83. The molecule has 0 unspecified atom stereocenters. The topological polar surface area (TPSA) is 38.9 Å². The van der Waals surface area contributed by atoms with E-state index in [1.807, 2.05) is 6.92 Å². The van der Waals surface area contributed by atoms with E-state index in [0.717, 1.165) is 17.0 Å². The van der Waals surface area contributed by atoms with E-state index in [9.17, 15) is 0 Å². The summed E-state index contributed by atoms with van der Waals surface area (Å²) < 4.78 is 0. The lowest BCUT2D eigenvalue weighted by atomic mass is 10.3. The minimum Gasteiger partial charge on any atom is -0.375 e. The molecule has 0 saturated carbocycles. The second kappa shape index (κ2) is 2.72. The lowest BCUT2D eigenvalue weighted by Gasteiger charge is -1.85. The monoisotopic (exact) mass is 152 g/mol. The first kappa shape index (κ1) is 7.10. The number of nitrogen functional groups attached to an aromatic ring is 1. The Morgan fingerprint density at radius 1 is 1.80 bits per heavy atom. The predicted molar refractivity (Wildman–Crippen MR) is 43.8 cm³/mol. The van der Waals surface area contributed by atoms with Crippen LogP contribution in [0.5, 0.6) is 0 Å². The van der Waals surface area contributed by atoms with E-state index in [-0.39, 0.29) is 0 Å². The maximum atomic E-state index is 5.44. The van der Waals surface area contributed by atoms with E-state index in [0.29, 0.717) is 5.13 Å². The van der Waals surface area contributed by atoms with Gasteiger partial charge in [0, 0.05) is 0 Å². The van der Waals surface area contributed by atoms with Gasteiger partial charge in [0.25, 0.3) is 0 Å². The molecule has 0 fully saturated rings. The number of thiazole rings is 1. The van der Waals surface area contributed by atoms with Gasteiger partial charge in [0.1, 0.15) is 4.88 Å². The van der Waals surface area contributed by atoms with Gasteiger partial charge in [-0.05, 0) is 6.42 Å². The molecule has 0 amide bonds. The molecule has 0 radical (unpaired) electrons. The molecular weight excluding hydrogens is 144 g/mol. The van der Waals surface area contributed by atoms with Crippen molar-refractivity contribution in [2.75, 3.05) is 5.73 Å². The molecule has 0 aliphatic carbocycles. The zero-order chi connectivity index (χ0) is 7.56. The highest BCUT2D eigenvalue weighted by Crippen LogP contribution is 2.18. The van der Waals surface area contributed by atoms with E-state index in [2.05, 4.69) is 10.9 Å². The Morgan fingerprint density at radius 2 is 2.50 bits per heavy atom. The normalized spacial score (nSPS) is 9.20. The molecule has 0 aliphatic heterocycles. The Bertz CT molecular complexity index is 270. The molecule has 0 spiro atoms. The number of aryl methyl sites for hydroxylation is 1. The number of aromatic nitrogens is 1. The summed E-state index contributed by atoms with van der Waals surface area (Å²) in [6.07, 6.45) is 6.06. The van der Waals surface area contributed by atoms with E-state index in [1.54, 1.807) is 0 Å². The maximum Gasteiger partial charge on any atom is 0.181 e. The van der Waals surface area contributed by atoms with Gasteiger partial charge in [-0.3, -0.25) is 0 Å². The summed E-state index contributed by atoms with van der Waals surface area (Å²) in [4.78, 5) is 4.91. The first-order valence-corrected chi connectivity index (χ1v) is 3.81. The molecule has 2 nitrogen and oxygen atoms in total. The van der Waals surface area contributed by atoms with Crippen LogP contribution in [0.2, 0.25) is 0 Å². The quantitative estimate of drug-likeness (QED) is 0.615. The number of hydrogen-bond acceptors (Lipinski definition) is 3. The van der Waals surface area contributed by atoms with Crippen molar-refractivity contribution in [3.8, 4) is 12.3 Å². The molecule has 0 aromatic carbocycles. The highest BCUT2D eigenvalue weighted by Gasteiger charge is 2.03. The molecule has 1 aromatic rings. The molecule has 0 atom stereocenters. The van der Waals surface area contributed by atoms with E-state index in [4.69, 9.17) is 12.2 Å². The fourth-order valence-corrected chi connectivity index (χ4v) is 1.45. The van der Waals surface area contributed by atoms with Gasteiger partial charge in [0.15, 0.2) is 5.13 Å². The zero-order valence-electron chi connectivity index (χ0n) is 5.72. The Balaban J connectivity index is 3.12. The molecule has 2 N–H and O–H groups in total. The van der Waals surface area contributed by atoms with Crippen molar-refractivity contribution in [2.45, 2.75) is 13.3 Å². The third kappa shape index (κ3) is 1.12. The predicted octanol–water partition coefficient (Wildman–Crippen LogP) is 1.27. The molecule has 0 bridgehead atoms. The van der Waals surface area contributed by atoms with Crippen LogP contribution in [-0.4, -0.2) is 4.98 Å². The summed E-state index contributed by atoms with van der Waals surface area (Å²) in [5.74, 6) is 2.54. The van der Waals surface area contributed by atoms with Crippen molar-refractivity contribution in [1.29, 1.82) is 0 Å². The molecule has 1 aromatic heterocycles. The number of anilines is 1. The van der Waals surface area contributed by atoms with Crippen molar-refractivity contribution < 1.29 is 0 Å². The first-order chi connectivity index (χ1) is 4.77. The Morgan fingerprint density at radius 3 is 2.90 bits per heavy atom. The van der Waals surface area contributed by atoms with Crippen molar-refractivity contribution in [3.63, 3.8) is 0 Å². The Hall–Kier alpha value is -1.01. The van der Waals surface area contributed by atoms with Crippen LogP contribution in [0.3, 0.4) is 0 Å². The molecule has 0 saturated heterocycles. The first-order valence-electron chi connectivity index (χ1n) is 2.99. The number of nitrogens with two attached hydrogens (primary N) is 1. The molecule has 1 rings (SSSR count). The average Bonchev–Trinajstić information content (AvgIpc) is 2.30. The molecule has 0 aliphatic rings. The summed E-state index contributed by atoms with van der Waals surface area (Å²) in [5.41, 5.74) is 6.38. The summed E-state index contributed by atoms with van der Waals surface area (Å²) >= 11 is 1.37. The van der Waals surface area contributed by atoms with E-state index < -0.39 is 0 Å². The minimum absolute atomic E-state index is 0.560. The summed E-state index contributed by atoms with van der Waals surface area (Å²) in [5, 5.41) is 0.560. The molecular formula is C7H8N2S. The summed E-state index contributed by atoms with van der Waals surface area (Å²) in [6, 6.07) is 0. The van der Waals surface area contributed by atoms with Crippen LogP contribution in [0.1, 0.15) is 17.5 Å². The average molecular weight is 152 g/mol. The van der Waals surface area contributed by atoms with Crippen molar-refractivity contribution in [3.05, 3.63) is 10.6 Å². The van der Waals surface area contributed by atoms with Crippen molar-refractivity contribution in [1.82, 2.24) is 4.98 Å². The highest BCUT2D eigenvalue weighted by molar-refractivity contribution is 7.16. The number of nitrogens with zero attached hydrogens (tertiary/aromatic N) is 1. The van der Waals surface area contributed by atoms with Crippen molar-refractivity contribution in [2.24, 2.45) is 0 Å². The largest absolute Gasteiger partial charge is 0.375 e. The molecule has 1 heterocycles. The number of hydrogen-bond donors (Lipinski definition) is 1. The Labute approximate surface area is 64.1 Å². The smallest absolute Gasteiger partial charge is 0.181 e. The van der Waals surface area contributed by atoms with Gasteiger partial charge < -0.3 is 5.73 Å². The van der Waals surface area contributed by atoms with Gasteiger partial charge >= 0.3 is 0 Å². The SMILES string of the molecule is C#Cc1sc(N)nc1CC. The van der Waals surface area contributed by atoms with Crippen LogP contribution in [0.25, 0.3) is 0 Å². The number of terminal acetylenes is 1. The Kier molecular flexibility index (Phi) is 1.93. The van der Waals surface area contributed by atoms with E-state index in [1.165, 1.54) is 11.3 Å². The summed E-state index contributed by atoms with van der Waals surface area (Å²) in [6.45, 7) is 2.01. The molecule has 52 valence electrons. The molecule has 3 heteroatoms. The van der Waals surface area contributed by atoms with Crippen LogP contribution in [-0.2, 0) is 6.42 Å². The minimum atomic E-state index is 0.560. The van der Waals surface area contributed by atoms with Crippen LogP contribution >= 0.6 is 11.3 Å². The zero-order valence-corrected chi connectivity index (χ0v) is 6.53. The van der Waals surface area contributed by atoms with Crippen LogP contribution < -0.4 is 5.73 Å². The second-order valence-corrected chi connectivity index (χ2v) is 2.86. The van der Waals surface area contributed by atoms with E-state index >= 15 is 0 Å². The molecule has 10 heavy (non-hydrogen) atoms. The fourth-order valence-electron chi connectivity index (χ4n) is 0.722. The van der Waals surface area contributed by atoms with Gasteiger partial charge in [-0.1, -0.05) is 24.2 Å². The van der Waals surface area contributed by atoms with Gasteiger partial charge in [0.2, 0.25) is 0 Å². The lowest BCUT2D eigenvalue weighted by molar-refractivity contribution is 1.06. The maximum absolute atomic E-state index is 5.44. The standard InChI is InChI=1S/C7H8N2S/c1-3-5-6(4-2)10-7(8)9-5/h2H,3H2,1H3,(H2,8,9). The van der Waals surface area contributed by atoms with Gasteiger partial charge in [-0.2, -0.15) is 0 Å². The van der Waals surface area contributed by atoms with Crippen LogP contribution in [0.15, 0.2) is 0 Å². The van der Waals surface area contributed by atoms with Crippen LogP contribution in [0, 0.1) is 12.3 Å². The van der Waals surface area contributed by atoms with Crippen LogP contribution in [0.4, 0.5) is 5.13 Å². The highest BCUT2D eigenvalue weighted by atomic mass is 32.1. The summed E-state index contributed by atoms with van der Waals surface area (Å²) in [7, 11) is 0. The van der Waals surface area contributed by atoms with Crippen molar-refractivity contribution >= 4 is 16.5 Å². The van der Waals surface area contributed by atoms with Gasteiger partial charge in [-0.15, -0.1) is 6.42 Å². The lowest BCUT2D eigenvalue weighted by Crippen LogP contribution is -1.85.